The molecule has 4 N–H and O–H groups in total. The van der Waals surface area contributed by atoms with Crippen LogP contribution in [0.1, 0.15) is 21.6 Å². The highest BCUT2D eigenvalue weighted by molar-refractivity contribution is 6.06. The molecule has 0 saturated carbocycles. The standard InChI is InChI=1S/C23H18FN7O2/c1-12-10-27-20(29-12)16-6-5-14(17-11-28-21(32)19(16)17)15-4-3-13(9-18(15)24)30-23(33)31-22-25-7-2-8-26-22/h2-10H,11H2,1H3,(H,27,29)(H,28,32)(H2,25,26,30,31,33). The Hall–Kier alpha value is -4.60. The first-order chi connectivity index (χ1) is 16.0. The monoisotopic (exact) mass is 443 g/mol. The third kappa shape index (κ3) is 3.89. The van der Waals surface area contributed by atoms with E-state index in [0.29, 0.717) is 33.6 Å². The van der Waals surface area contributed by atoms with Gasteiger partial charge < -0.3 is 15.6 Å². The number of benzene rings is 2. The molecule has 0 bridgehead atoms. The Kier molecular flexibility index (Phi) is 5.02. The van der Waals surface area contributed by atoms with Crippen LogP contribution in [0.3, 0.4) is 0 Å². The molecular weight excluding hydrogens is 425 g/mol. The number of rotatable bonds is 4. The van der Waals surface area contributed by atoms with Crippen LogP contribution < -0.4 is 16.0 Å². The molecule has 33 heavy (non-hydrogen) atoms. The number of nitrogens with one attached hydrogen (secondary N) is 4. The van der Waals surface area contributed by atoms with E-state index in [1.807, 2.05) is 6.92 Å². The van der Waals surface area contributed by atoms with E-state index in [9.17, 15) is 9.59 Å². The lowest BCUT2D eigenvalue weighted by Crippen LogP contribution is -2.20. The van der Waals surface area contributed by atoms with Crippen molar-refractivity contribution < 1.29 is 14.0 Å². The lowest BCUT2D eigenvalue weighted by molar-refractivity contribution is 0.0966. The molecule has 3 heterocycles. The number of halogens is 1. The summed E-state index contributed by atoms with van der Waals surface area (Å²) in [4.78, 5) is 39.9. The zero-order valence-electron chi connectivity index (χ0n) is 17.4. The van der Waals surface area contributed by atoms with Crippen molar-refractivity contribution in [2.45, 2.75) is 13.5 Å². The van der Waals surface area contributed by atoms with Crippen molar-refractivity contribution in [3.05, 3.63) is 77.6 Å². The van der Waals surface area contributed by atoms with E-state index in [4.69, 9.17) is 0 Å². The van der Waals surface area contributed by atoms with Crippen molar-refractivity contribution in [2.75, 3.05) is 10.6 Å². The van der Waals surface area contributed by atoms with E-state index in [1.54, 1.807) is 36.5 Å². The minimum Gasteiger partial charge on any atom is -0.348 e. The summed E-state index contributed by atoms with van der Waals surface area (Å²) in [6.07, 6.45) is 4.68. The lowest BCUT2D eigenvalue weighted by Gasteiger charge is -2.13. The number of aryl methyl sites for hydroxylation is 1. The topological polar surface area (TPSA) is 125 Å². The summed E-state index contributed by atoms with van der Waals surface area (Å²) in [5, 5.41) is 7.83. The van der Waals surface area contributed by atoms with Gasteiger partial charge in [0.15, 0.2) is 0 Å². The molecule has 0 atom stereocenters. The van der Waals surface area contributed by atoms with Crippen molar-refractivity contribution in [1.82, 2.24) is 25.3 Å². The van der Waals surface area contributed by atoms with E-state index in [1.165, 1.54) is 18.5 Å². The summed E-state index contributed by atoms with van der Waals surface area (Å²) in [6.45, 7) is 2.17. The SMILES string of the molecule is Cc1cnc(-c2ccc(-c3ccc(NC(=O)Nc4ncccn4)cc3F)c3c2C(=O)NC3)[nH]1. The normalized spacial score (nSPS) is 12.2. The number of urea groups is 1. The van der Waals surface area contributed by atoms with Gasteiger partial charge in [0.25, 0.3) is 5.91 Å². The van der Waals surface area contributed by atoms with Gasteiger partial charge in [0.1, 0.15) is 11.6 Å². The molecule has 2 aromatic heterocycles. The maximum atomic E-state index is 15.1. The maximum absolute atomic E-state index is 15.1. The van der Waals surface area contributed by atoms with Crippen molar-refractivity contribution in [2.24, 2.45) is 0 Å². The number of hydrogen-bond donors (Lipinski definition) is 4. The average Bonchev–Trinajstić information content (AvgIpc) is 3.40. The molecule has 164 valence electrons. The molecule has 10 heteroatoms. The number of fused-ring (bicyclic) bond motifs is 1. The van der Waals surface area contributed by atoms with Crippen LogP contribution in [-0.2, 0) is 6.54 Å². The minimum absolute atomic E-state index is 0.131. The zero-order valence-corrected chi connectivity index (χ0v) is 17.4. The number of carbonyl (C=O) groups is 2. The summed E-state index contributed by atoms with van der Waals surface area (Å²) in [7, 11) is 0. The molecule has 4 aromatic rings. The van der Waals surface area contributed by atoms with E-state index in [2.05, 4.69) is 35.9 Å². The van der Waals surface area contributed by atoms with Gasteiger partial charge in [0.2, 0.25) is 5.95 Å². The van der Waals surface area contributed by atoms with Crippen LogP contribution in [0.5, 0.6) is 0 Å². The van der Waals surface area contributed by atoms with Crippen LogP contribution in [-0.4, -0.2) is 31.9 Å². The first kappa shape index (κ1) is 20.3. The Bertz CT molecular complexity index is 1390. The molecule has 1 aliphatic rings. The van der Waals surface area contributed by atoms with Gasteiger partial charge in [-0.3, -0.25) is 10.1 Å². The van der Waals surface area contributed by atoms with Crippen LogP contribution in [0.4, 0.5) is 20.8 Å². The largest absolute Gasteiger partial charge is 0.348 e. The second-order valence-corrected chi connectivity index (χ2v) is 7.46. The van der Waals surface area contributed by atoms with Crippen LogP contribution >= 0.6 is 0 Å². The molecule has 9 nitrogen and oxygen atoms in total. The number of aromatic amines is 1. The Labute approximate surface area is 187 Å². The number of imidazole rings is 1. The molecule has 5 rings (SSSR count). The lowest BCUT2D eigenvalue weighted by atomic mass is 9.92. The Morgan fingerprint density at radius 2 is 1.79 bits per heavy atom. The first-order valence-corrected chi connectivity index (χ1v) is 10.1. The van der Waals surface area contributed by atoms with Gasteiger partial charge in [-0.15, -0.1) is 0 Å². The number of H-pyrrole nitrogens is 1. The summed E-state index contributed by atoms with van der Waals surface area (Å²) < 4.78 is 15.1. The van der Waals surface area contributed by atoms with E-state index < -0.39 is 11.8 Å². The van der Waals surface area contributed by atoms with Crippen LogP contribution in [0.15, 0.2) is 55.0 Å². The third-order valence-electron chi connectivity index (χ3n) is 5.23. The second-order valence-electron chi connectivity index (χ2n) is 7.46. The average molecular weight is 443 g/mol. The van der Waals surface area contributed by atoms with E-state index in [-0.39, 0.29) is 24.1 Å². The second kappa shape index (κ2) is 8.15. The molecule has 0 spiro atoms. The van der Waals surface area contributed by atoms with Crippen LogP contribution in [0.2, 0.25) is 0 Å². The fourth-order valence-corrected chi connectivity index (χ4v) is 3.79. The van der Waals surface area contributed by atoms with Crippen molar-refractivity contribution >= 4 is 23.6 Å². The zero-order chi connectivity index (χ0) is 22.9. The summed E-state index contributed by atoms with van der Waals surface area (Å²) in [5.74, 6) is -0.0475. The Morgan fingerprint density at radius 1 is 1.03 bits per heavy atom. The highest BCUT2D eigenvalue weighted by atomic mass is 19.1. The fraction of sp³-hybridized carbons (Fsp3) is 0.0870. The smallest absolute Gasteiger partial charge is 0.326 e. The number of anilines is 2. The number of hydrogen-bond acceptors (Lipinski definition) is 5. The molecule has 0 radical (unpaired) electrons. The molecule has 0 unspecified atom stereocenters. The van der Waals surface area contributed by atoms with Crippen LogP contribution in [0.25, 0.3) is 22.5 Å². The minimum atomic E-state index is -0.595. The molecular formula is C23H18FN7O2. The number of nitrogens with zero attached hydrogens (tertiary/aromatic N) is 3. The molecule has 1 aliphatic heterocycles. The van der Waals surface area contributed by atoms with Crippen LogP contribution in [0, 0.1) is 12.7 Å². The highest BCUT2D eigenvalue weighted by Gasteiger charge is 2.28. The van der Waals surface area contributed by atoms with Gasteiger partial charge in [-0.25, -0.2) is 24.1 Å². The van der Waals surface area contributed by atoms with Crippen molar-refractivity contribution in [1.29, 1.82) is 0 Å². The number of amides is 3. The highest BCUT2D eigenvalue weighted by Crippen LogP contribution is 2.36. The third-order valence-corrected chi connectivity index (χ3v) is 5.23. The summed E-state index contributed by atoms with van der Waals surface area (Å²) in [5.41, 5.74) is 3.89. The van der Waals surface area contributed by atoms with Gasteiger partial charge in [-0.2, -0.15) is 0 Å². The molecule has 0 aliphatic carbocycles. The molecule has 2 aromatic carbocycles. The number of aromatic nitrogens is 4. The molecule has 0 saturated heterocycles. The van der Waals surface area contributed by atoms with Gasteiger partial charge in [0, 0.05) is 47.6 Å². The quantitative estimate of drug-likeness (QED) is 0.381. The maximum Gasteiger partial charge on any atom is 0.326 e. The predicted octanol–water partition coefficient (Wildman–Crippen LogP) is 3.87. The first-order valence-electron chi connectivity index (χ1n) is 10.1. The van der Waals surface area contributed by atoms with Gasteiger partial charge >= 0.3 is 6.03 Å². The molecule has 3 amide bonds. The number of carbonyl (C=O) groups excluding carboxylic acids is 2. The molecule has 0 fully saturated rings. The van der Waals surface area contributed by atoms with E-state index >= 15 is 4.39 Å². The Balaban J connectivity index is 1.44. The Morgan fingerprint density at radius 3 is 2.52 bits per heavy atom. The van der Waals surface area contributed by atoms with Gasteiger partial charge in [-0.05, 0) is 48.4 Å². The van der Waals surface area contributed by atoms with E-state index in [0.717, 1.165) is 5.69 Å². The predicted molar refractivity (Wildman–Crippen MR) is 120 cm³/mol. The van der Waals surface area contributed by atoms with Gasteiger partial charge in [-0.1, -0.05) is 6.07 Å². The van der Waals surface area contributed by atoms with Crippen molar-refractivity contribution in [3.8, 4) is 22.5 Å². The summed E-state index contributed by atoms with van der Waals surface area (Å²) in [6, 6.07) is 8.94. The fourth-order valence-electron chi connectivity index (χ4n) is 3.79. The van der Waals surface area contributed by atoms with Gasteiger partial charge in [0.05, 0.1) is 5.56 Å². The van der Waals surface area contributed by atoms with Crippen molar-refractivity contribution in [3.63, 3.8) is 0 Å². The summed E-state index contributed by atoms with van der Waals surface area (Å²) >= 11 is 0.